The smallest absolute Gasteiger partial charge is 0.304 e. The van der Waals surface area contributed by atoms with Crippen LogP contribution in [0.1, 0.15) is 16.7 Å². The maximum Gasteiger partial charge on any atom is 0.416 e. The third-order valence-corrected chi connectivity index (χ3v) is 3.39. The molecule has 0 N–H and O–H groups in total. The second-order valence-electron chi connectivity index (χ2n) is 5.25. The van der Waals surface area contributed by atoms with Gasteiger partial charge in [0, 0.05) is 18.1 Å². The van der Waals surface area contributed by atoms with Gasteiger partial charge in [-0.05, 0) is 35.9 Å². The van der Waals surface area contributed by atoms with Gasteiger partial charge in [-0.3, -0.25) is 9.78 Å². The molecule has 0 spiro atoms. The van der Waals surface area contributed by atoms with Crippen LogP contribution in [-0.2, 0) is 23.7 Å². The molecule has 3 nitrogen and oxygen atoms in total. The Labute approximate surface area is 144 Å². The third-order valence-electron chi connectivity index (χ3n) is 3.39. The Morgan fingerprint density at radius 3 is 2.08 bits per heavy atom. The van der Waals surface area contributed by atoms with Gasteiger partial charge < -0.3 is 4.90 Å². The number of pyridine rings is 1. The van der Waals surface area contributed by atoms with Crippen LogP contribution in [0.2, 0.25) is 0 Å². The number of halogens is 6. The molecule has 0 saturated heterocycles. The Kier molecular flexibility index (Phi) is 5.38. The molecule has 0 radical (unpaired) electrons. The van der Waals surface area contributed by atoms with Gasteiger partial charge in [0.05, 0.1) is 17.7 Å². The van der Waals surface area contributed by atoms with Gasteiger partial charge >= 0.3 is 12.4 Å². The summed E-state index contributed by atoms with van der Waals surface area (Å²) in [6.45, 7) is 2.97. The van der Waals surface area contributed by atoms with E-state index in [1.54, 1.807) is 0 Å². The Morgan fingerprint density at radius 1 is 1.08 bits per heavy atom. The van der Waals surface area contributed by atoms with E-state index in [0.29, 0.717) is 17.7 Å². The highest BCUT2D eigenvalue weighted by Crippen LogP contribution is 2.38. The zero-order valence-electron chi connectivity index (χ0n) is 13.1. The van der Waals surface area contributed by atoms with E-state index < -0.39 is 35.1 Å². The Bertz CT molecular complexity index is 767. The number of anilines is 1. The molecule has 2 rings (SSSR count). The van der Waals surface area contributed by atoms with Crippen molar-refractivity contribution in [3.63, 3.8) is 0 Å². The fourth-order valence-corrected chi connectivity index (χ4v) is 2.18. The van der Waals surface area contributed by atoms with Crippen molar-refractivity contribution in [1.29, 1.82) is 0 Å². The van der Waals surface area contributed by atoms with Crippen LogP contribution >= 0.6 is 0 Å². The standard InChI is InChI=1S/C17H12F6N2O/c1-2-15(26)25(10-11-4-3-5-24-9-11)14-7-12(16(18,19)20)6-13(8-14)17(21,22)23/h2-9H,1,10H2. The normalized spacial score (nSPS) is 11.9. The maximum absolute atomic E-state index is 13.0. The Morgan fingerprint density at radius 2 is 1.65 bits per heavy atom. The molecule has 0 aliphatic carbocycles. The summed E-state index contributed by atoms with van der Waals surface area (Å²) in [5.74, 6) is -0.846. The van der Waals surface area contributed by atoms with Crippen LogP contribution in [0.3, 0.4) is 0 Å². The monoisotopic (exact) mass is 374 g/mol. The molecule has 0 fully saturated rings. The highest BCUT2D eigenvalue weighted by atomic mass is 19.4. The van der Waals surface area contributed by atoms with Crippen LogP contribution in [0.25, 0.3) is 0 Å². The van der Waals surface area contributed by atoms with Crippen molar-refractivity contribution in [2.45, 2.75) is 18.9 Å². The van der Waals surface area contributed by atoms with Gasteiger partial charge in [-0.25, -0.2) is 0 Å². The lowest BCUT2D eigenvalue weighted by atomic mass is 10.1. The van der Waals surface area contributed by atoms with E-state index >= 15 is 0 Å². The average molecular weight is 374 g/mol. The molecule has 138 valence electrons. The molecule has 1 aromatic heterocycles. The minimum atomic E-state index is -5.01. The highest BCUT2D eigenvalue weighted by Gasteiger charge is 2.37. The molecule has 1 aromatic carbocycles. The molecule has 0 saturated carbocycles. The second kappa shape index (κ2) is 7.19. The van der Waals surface area contributed by atoms with Crippen LogP contribution in [0.15, 0.2) is 55.4 Å². The van der Waals surface area contributed by atoms with Crippen LogP contribution in [0.4, 0.5) is 32.0 Å². The van der Waals surface area contributed by atoms with Crippen LogP contribution in [0, 0.1) is 0 Å². The Hall–Kier alpha value is -2.84. The zero-order valence-corrected chi connectivity index (χ0v) is 13.1. The lowest BCUT2D eigenvalue weighted by Crippen LogP contribution is -2.29. The van der Waals surface area contributed by atoms with Gasteiger partial charge in [0.15, 0.2) is 0 Å². The van der Waals surface area contributed by atoms with Crippen LogP contribution < -0.4 is 4.90 Å². The average Bonchev–Trinajstić information content (AvgIpc) is 2.58. The number of carbonyl (C=O) groups excluding carboxylic acids is 1. The first kappa shape index (κ1) is 19.5. The summed E-state index contributed by atoms with van der Waals surface area (Å²) in [4.78, 5) is 16.6. The van der Waals surface area contributed by atoms with Gasteiger partial charge in [0.25, 0.3) is 5.91 Å². The molecule has 1 heterocycles. The van der Waals surface area contributed by atoms with E-state index in [0.717, 1.165) is 11.0 Å². The van der Waals surface area contributed by atoms with E-state index in [-0.39, 0.29) is 12.6 Å². The number of hydrogen-bond acceptors (Lipinski definition) is 2. The first-order chi connectivity index (χ1) is 12.0. The van der Waals surface area contributed by atoms with Crippen molar-refractivity contribution in [2.75, 3.05) is 4.90 Å². The molecular formula is C17H12F6N2O. The van der Waals surface area contributed by atoms with E-state index in [9.17, 15) is 31.1 Å². The summed E-state index contributed by atoms with van der Waals surface area (Å²) in [5.41, 5.74) is -3.12. The predicted octanol–water partition coefficient (Wildman–Crippen LogP) is 4.84. The summed E-state index contributed by atoms with van der Waals surface area (Å²) >= 11 is 0. The first-order valence-electron chi connectivity index (χ1n) is 7.14. The number of rotatable bonds is 4. The lowest BCUT2D eigenvalue weighted by molar-refractivity contribution is -0.143. The van der Waals surface area contributed by atoms with E-state index in [1.165, 1.54) is 24.5 Å². The van der Waals surface area contributed by atoms with Gasteiger partial charge in [0.1, 0.15) is 0 Å². The quantitative estimate of drug-likeness (QED) is 0.567. The summed E-state index contributed by atoms with van der Waals surface area (Å²) in [7, 11) is 0. The van der Waals surface area contributed by atoms with Crippen LogP contribution in [0.5, 0.6) is 0 Å². The van der Waals surface area contributed by atoms with E-state index in [2.05, 4.69) is 11.6 Å². The predicted molar refractivity (Wildman–Crippen MR) is 82.1 cm³/mol. The molecule has 0 aliphatic heterocycles. The minimum Gasteiger partial charge on any atom is -0.304 e. The molecule has 0 bridgehead atoms. The van der Waals surface area contributed by atoms with Gasteiger partial charge in [-0.2, -0.15) is 26.3 Å². The third kappa shape index (κ3) is 4.62. The molecule has 0 aliphatic rings. The van der Waals surface area contributed by atoms with Gasteiger partial charge in [0.2, 0.25) is 0 Å². The Balaban J connectivity index is 2.59. The van der Waals surface area contributed by atoms with Crippen molar-refractivity contribution in [3.05, 3.63) is 72.1 Å². The summed E-state index contributed by atoms with van der Waals surface area (Å²) < 4.78 is 78.1. The van der Waals surface area contributed by atoms with Crippen molar-refractivity contribution < 1.29 is 31.1 Å². The zero-order chi connectivity index (χ0) is 19.5. The largest absolute Gasteiger partial charge is 0.416 e. The van der Waals surface area contributed by atoms with Gasteiger partial charge in [-0.15, -0.1) is 0 Å². The van der Waals surface area contributed by atoms with Gasteiger partial charge in [-0.1, -0.05) is 12.6 Å². The van der Waals surface area contributed by atoms with Crippen LogP contribution in [-0.4, -0.2) is 10.9 Å². The lowest BCUT2D eigenvalue weighted by Gasteiger charge is -2.24. The summed E-state index contributed by atoms with van der Waals surface area (Å²) in [5, 5.41) is 0. The molecule has 2 aromatic rings. The van der Waals surface area contributed by atoms with Crippen molar-refractivity contribution in [3.8, 4) is 0 Å². The number of carbonyl (C=O) groups is 1. The van der Waals surface area contributed by atoms with E-state index in [1.807, 2.05) is 0 Å². The van der Waals surface area contributed by atoms with Crippen molar-refractivity contribution in [1.82, 2.24) is 4.98 Å². The molecule has 0 unspecified atom stereocenters. The number of hydrogen-bond donors (Lipinski definition) is 0. The molecule has 26 heavy (non-hydrogen) atoms. The molecule has 1 amide bonds. The number of nitrogens with zero attached hydrogens (tertiary/aromatic N) is 2. The topological polar surface area (TPSA) is 33.2 Å². The second-order valence-corrected chi connectivity index (χ2v) is 5.25. The van der Waals surface area contributed by atoms with Crippen molar-refractivity contribution in [2.24, 2.45) is 0 Å². The minimum absolute atomic E-state index is 0.00411. The fourth-order valence-electron chi connectivity index (χ4n) is 2.18. The maximum atomic E-state index is 13.0. The highest BCUT2D eigenvalue weighted by molar-refractivity contribution is 6.01. The molecule has 9 heteroatoms. The molecular weight excluding hydrogens is 362 g/mol. The van der Waals surface area contributed by atoms with E-state index in [4.69, 9.17) is 0 Å². The number of benzene rings is 1. The number of alkyl halides is 6. The molecule has 0 atom stereocenters. The van der Waals surface area contributed by atoms with Crippen molar-refractivity contribution >= 4 is 11.6 Å². The first-order valence-corrected chi connectivity index (χ1v) is 7.14. The fraction of sp³-hybridized carbons (Fsp3) is 0.176. The summed E-state index contributed by atoms with van der Waals surface area (Å²) in [6.07, 6.45) is -6.42. The SMILES string of the molecule is C=CC(=O)N(Cc1cccnc1)c1cc(C(F)(F)F)cc(C(F)(F)F)c1. The number of amides is 1. The number of aromatic nitrogens is 1. The summed E-state index contributed by atoms with van der Waals surface area (Å²) in [6, 6.07) is 4.05.